The van der Waals surface area contributed by atoms with Crippen molar-refractivity contribution in [2.75, 3.05) is 6.54 Å². The molecule has 2 aliphatic rings. The highest BCUT2D eigenvalue weighted by molar-refractivity contribution is 6.30. The molecule has 0 N–H and O–H groups in total. The van der Waals surface area contributed by atoms with Crippen LogP contribution in [-0.4, -0.2) is 22.5 Å². The summed E-state index contributed by atoms with van der Waals surface area (Å²) >= 11 is 6.04. The number of rotatable bonds is 2. The maximum atomic E-state index is 6.04. The average molecular weight is 265 g/mol. The number of hydrogen-bond acceptors (Lipinski definition) is 2. The van der Waals surface area contributed by atoms with E-state index in [9.17, 15) is 0 Å². The number of fused-ring (bicyclic) bond motifs is 1. The zero-order valence-electron chi connectivity index (χ0n) is 10.8. The molecule has 0 amide bonds. The quantitative estimate of drug-likeness (QED) is 0.806. The Bertz CT molecular complexity index is 405. The lowest BCUT2D eigenvalue weighted by Crippen LogP contribution is -2.46. The van der Waals surface area contributed by atoms with Crippen LogP contribution in [0.5, 0.6) is 0 Å². The second-order valence-electron chi connectivity index (χ2n) is 5.69. The smallest absolute Gasteiger partial charge is 0.0558 e. The van der Waals surface area contributed by atoms with Gasteiger partial charge in [0.2, 0.25) is 0 Å². The van der Waals surface area contributed by atoms with Crippen LogP contribution in [0.3, 0.4) is 0 Å². The summed E-state index contributed by atoms with van der Waals surface area (Å²) in [5.41, 5.74) is 1.12. The molecule has 3 rings (SSSR count). The molecule has 2 heterocycles. The molecular weight excluding hydrogens is 244 g/mol. The SMILES string of the molecule is Clc1ccnc(CN2CCCC3CCCCC32)c1. The second kappa shape index (κ2) is 5.58. The predicted octanol–water partition coefficient (Wildman–Crippen LogP) is 3.89. The Kier molecular flexibility index (Phi) is 3.86. The largest absolute Gasteiger partial charge is 0.294 e. The maximum absolute atomic E-state index is 6.04. The second-order valence-corrected chi connectivity index (χ2v) is 6.13. The van der Waals surface area contributed by atoms with Crippen LogP contribution in [0.1, 0.15) is 44.2 Å². The summed E-state index contributed by atoms with van der Waals surface area (Å²) in [6.07, 6.45) is 10.3. The van der Waals surface area contributed by atoms with Gasteiger partial charge in [-0.2, -0.15) is 0 Å². The molecule has 3 heteroatoms. The fourth-order valence-corrected chi connectivity index (χ4v) is 3.85. The van der Waals surface area contributed by atoms with Crippen LogP contribution in [0.2, 0.25) is 5.02 Å². The molecule has 1 aliphatic carbocycles. The molecule has 1 saturated carbocycles. The van der Waals surface area contributed by atoms with Gasteiger partial charge in [0, 0.05) is 23.8 Å². The molecule has 18 heavy (non-hydrogen) atoms. The maximum Gasteiger partial charge on any atom is 0.0558 e. The molecule has 0 spiro atoms. The van der Waals surface area contributed by atoms with Crippen molar-refractivity contribution in [1.29, 1.82) is 0 Å². The van der Waals surface area contributed by atoms with E-state index < -0.39 is 0 Å². The van der Waals surface area contributed by atoms with E-state index in [0.29, 0.717) is 0 Å². The molecule has 2 unspecified atom stereocenters. The number of pyridine rings is 1. The van der Waals surface area contributed by atoms with Gasteiger partial charge in [-0.1, -0.05) is 24.4 Å². The molecule has 1 aliphatic heterocycles. The number of aromatic nitrogens is 1. The summed E-state index contributed by atoms with van der Waals surface area (Å²) in [5.74, 6) is 0.937. The van der Waals surface area contributed by atoms with Crippen LogP contribution in [0.25, 0.3) is 0 Å². The first kappa shape index (κ1) is 12.4. The molecule has 1 aromatic heterocycles. The van der Waals surface area contributed by atoms with Crippen molar-refractivity contribution in [2.45, 2.75) is 51.1 Å². The molecule has 0 bridgehead atoms. The highest BCUT2D eigenvalue weighted by Crippen LogP contribution is 2.35. The minimum Gasteiger partial charge on any atom is -0.294 e. The van der Waals surface area contributed by atoms with E-state index in [1.54, 1.807) is 0 Å². The van der Waals surface area contributed by atoms with Gasteiger partial charge in [0.05, 0.1) is 5.69 Å². The van der Waals surface area contributed by atoms with Gasteiger partial charge >= 0.3 is 0 Å². The summed E-state index contributed by atoms with van der Waals surface area (Å²) in [7, 11) is 0. The van der Waals surface area contributed by atoms with Crippen LogP contribution < -0.4 is 0 Å². The monoisotopic (exact) mass is 264 g/mol. The first-order valence-electron chi connectivity index (χ1n) is 7.17. The van der Waals surface area contributed by atoms with Crippen LogP contribution in [0.15, 0.2) is 18.3 Å². The zero-order valence-corrected chi connectivity index (χ0v) is 11.6. The lowest BCUT2D eigenvalue weighted by Gasteiger charge is -2.44. The Labute approximate surface area is 114 Å². The number of nitrogens with zero attached hydrogens (tertiary/aromatic N) is 2. The highest BCUT2D eigenvalue weighted by Gasteiger charge is 2.33. The van der Waals surface area contributed by atoms with Crippen molar-refractivity contribution in [2.24, 2.45) is 5.92 Å². The van der Waals surface area contributed by atoms with Gasteiger partial charge in [0.25, 0.3) is 0 Å². The van der Waals surface area contributed by atoms with E-state index in [2.05, 4.69) is 9.88 Å². The van der Waals surface area contributed by atoms with Gasteiger partial charge in [-0.25, -0.2) is 0 Å². The van der Waals surface area contributed by atoms with Gasteiger partial charge in [-0.05, 0) is 50.3 Å². The van der Waals surface area contributed by atoms with E-state index >= 15 is 0 Å². The summed E-state index contributed by atoms with van der Waals surface area (Å²) in [6, 6.07) is 4.66. The summed E-state index contributed by atoms with van der Waals surface area (Å²) in [6.45, 7) is 2.21. The molecule has 0 radical (unpaired) electrons. The predicted molar refractivity (Wildman–Crippen MR) is 74.6 cm³/mol. The fourth-order valence-electron chi connectivity index (χ4n) is 3.67. The summed E-state index contributed by atoms with van der Waals surface area (Å²) in [4.78, 5) is 7.09. The topological polar surface area (TPSA) is 16.1 Å². The number of likely N-dealkylation sites (tertiary alicyclic amines) is 1. The van der Waals surface area contributed by atoms with Crippen LogP contribution in [-0.2, 0) is 6.54 Å². The van der Waals surface area contributed by atoms with Crippen molar-refractivity contribution < 1.29 is 0 Å². The summed E-state index contributed by atoms with van der Waals surface area (Å²) < 4.78 is 0. The molecule has 2 atom stereocenters. The van der Waals surface area contributed by atoms with Crippen molar-refractivity contribution in [3.05, 3.63) is 29.0 Å². The Morgan fingerprint density at radius 2 is 2.06 bits per heavy atom. The lowest BCUT2D eigenvalue weighted by atomic mass is 9.78. The van der Waals surface area contributed by atoms with Gasteiger partial charge in [0.15, 0.2) is 0 Å². The first-order valence-corrected chi connectivity index (χ1v) is 7.55. The van der Waals surface area contributed by atoms with E-state index in [4.69, 9.17) is 11.6 Å². The van der Waals surface area contributed by atoms with Gasteiger partial charge in [0.1, 0.15) is 0 Å². The Morgan fingerprint density at radius 3 is 2.94 bits per heavy atom. The zero-order chi connectivity index (χ0) is 12.4. The van der Waals surface area contributed by atoms with Crippen molar-refractivity contribution in [1.82, 2.24) is 9.88 Å². The fraction of sp³-hybridized carbons (Fsp3) is 0.667. The summed E-state index contributed by atoms with van der Waals surface area (Å²) in [5, 5.41) is 0.803. The standard InChI is InChI=1S/C15H21ClN2/c16-13-7-8-17-14(10-13)11-18-9-3-5-12-4-1-2-6-15(12)18/h7-8,10,12,15H,1-6,9,11H2. The van der Waals surface area contributed by atoms with Crippen molar-refractivity contribution in [3.63, 3.8) is 0 Å². The minimum atomic E-state index is 0.799. The van der Waals surface area contributed by atoms with E-state index in [-0.39, 0.29) is 0 Å². The van der Waals surface area contributed by atoms with E-state index in [1.165, 1.54) is 45.1 Å². The third-order valence-corrected chi connectivity index (χ3v) is 4.74. The molecule has 1 saturated heterocycles. The Hall–Kier alpha value is -0.600. The molecule has 2 nitrogen and oxygen atoms in total. The first-order chi connectivity index (χ1) is 8.83. The molecular formula is C15H21ClN2. The third kappa shape index (κ3) is 2.70. The Morgan fingerprint density at radius 1 is 1.22 bits per heavy atom. The number of halogens is 1. The number of hydrogen-bond donors (Lipinski definition) is 0. The lowest BCUT2D eigenvalue weighted by molar-refractivity contribution is 0.0537. The molecule has 98 valence electrons. The third-order valence-electron chi connectivity index (χ3n) is 4.50. The normalized spacial score (nSPS) is 28.9. The van der Waals surface area contributed by atoms with Gasteiger partial charge in [-0.3, -0.25) is 9.88 Å². The van der Waals surface area contributed by atoms with E-state index in [1.807, 2.05) is 18.3 Å². The van der Waals surface area contributed by atoms with Gasteiger partial charge < -0.3 is 0 Å². The molecule has 0 aromatic carbocycles. The van der Waals surface area contributed by atoms with Crippen LogP contribution in [0.4, 0.5) is 0 Å². The molecule has 1 aromatic rings. The Balaban J connectivity index is 1.71. The molecule has 2 fully saturated rings. The van der Waals surface area contributed by atoms with Crippen LogP contribution in [0, 0.1) is 5.92 Å². The van der Waals surface area contributed by atoms with Gasteiger partial charge in [-0.15, -0.1) is 0 Å². The highest BCUT2D eigenvalue weighted by atomic mass is 35.5. The van der Waals surface area contributed by atoms with Crippen molar-refractivity contribution in [3.8, 4) is 0 Å². The minimum absolute atomic E-state index is 0.799. The average Bonchev–Trinajstić information content (AvgIpc) is 2.39. The number of piperidine rings is 1. The van der Waals surface area contributed by atoms with E-state index in [0.717, 1.165) is 29.2 Å². The van der Waals surface area contributed by atoms with Crippen molar-refractivity contribution >= 4 is 11.6 Å². The van der Waals surface area contributed by atoms with Crippen LogP contribution >= 0.6 is 11.6 Å².